The number of ether oxygens (including phenoxy) is 2. The van der Waals surface area contributed by atoms with E-state index in [1.165, 1.54) is 6.42 Å². The van der Waals surface area contributed by atoms with Crippen LogP contribution in [0.2, 0.25) is 0 Å². The number of hydrogen-bond donors (Lipinski definition) is 0. The molecule has 2 fully saturated rings. The van der Waals surface area contributed by atoms with Gasteiger partial charge in [-0.2, -0.15) is 0 Å². The third kappa shape index (κ3) is 3.18. The maximum atomic E-state index is 12.3. The van der Waals surface area contributed by atoms with Crippen LogP contribution in [-0.2, 0) is 19.1 Å². The largest absolute Gasteiger partial charge is 0.575 e. The van der Waals surface area contributed by atoms with Crippen molar-refractivity contribution < 1.29 is 32.2 Å². The Balaban J connectivity index is 1.71. The molecule has 7 heteroatoms. The van der Waals surface area contributed by atoms with E-state index < -0.39 is 35.7 Å². The van der Waals surface area contributed by atoms with Crippen molar-refractivity contribution in [2.45, 2.75) is 24.8 Å². The Bertz CT molecular complexity index is 614. The molecular formula is C16H13F3O4. The standard InChI is InChI=1S/C16H13F3O4/c17-16(18,19)22-13(20)12-11(8-9-15(12)14(21)23-15)7-6-10-4-2-1-3-5-10/h1-6,9,11-12H,7-8H2. The maximum absolute atomic E-state index is 12.3. The predicted octanol–water partition coefficient (Wildman–Crippen LogP) is 2.83. The molecule has 1 spiro atoms. The monoisotopic (exact) mass is 326 g/mol. The highest BCUT2D eigenvalue weighted by Crippen LogP contribution is 2.53. The predicted molar refractivity (Wildman–Crippen MR) is 71.3 cm³/mol. The van der Waals surface area contributed by atoms with E-state index >= 15 is 0 Å². The smallest absolute Gasteiger partial charge is 0.443 e. The van der Waals surface area contributed by atoms with E-state index in [9.17, 15) is 22.8 Å². The molecule has 3 atom stereocenters. The summed E-state index contributed by atoms with van der Waals surface area (Å²) in [5.74, 6) is -3.89. The van der Waals surface area contributed by atoms with Gasteiger partial charge in [-0.15, -0.1) is 13.2 Å². The van der Waals surface area contributed by atoms with Gasteiger partial charge in [0.25, 0.3) is 0 Å². The minimum absolute atomic E-state index is 0.312. The van der Waals surface area contributed by atoms with Crippen molar-refractivity contribution in [3.63, 3.8) is 0 Å². The summed E-state index contributed by atoms with van der Waals surface area (Å²) in [7, 11) is 0. The van der Waals surface area contributed by atoms with Gasteiger partial charge in [0.1, 0.15) is 5.92 Å². The molecule has 2 radical (unpaired) electrons. The van der Waals surface area contributed by atoms with Crippen LogP contribution in [-0.4, -0.2) is 23.9 Å². The topological polar surface area (TPSA) is 55.9 Å². The van der Waals surface area contributed by atoms with Crippen molar-refractivity contribution in [2.75, 3.05) is 0 Å². The van der Waals surface area contributed by atoms with Gasteiger partial charge in [0.2, 0.25) is 5.60 Å². The lowest BCUT2D eigenvalue weighted by Crippen LogP contribution is -2.36. The third-order valence-electron chi connectivity index (χ3n) is 4.12. The summed E-state index contributed by atoms with van der Waals surface area (Å²) in [6.45, 7) is 0. The molecule has 4 nitrogen and oxygen atoms in total. The first-order valence-corrected chi connectivity index (χ1v) is 7.07. The molecule has 1 saturated carbocycles. The van der Waals surface area contributed by atoms with Crippen LogP contribution >= 0.6 is 0 Å². The van der Waals surface area contributed by atoms with Crippen molar-refractivity contribution in [1.29, 1.82) is 0 Å². The zero-order valence-corrected chi connectivity index (χ0v) is 11.9. The number of carbonyl (C=O) groups is 2. The maximum Gasteiger partial charge on any atom is 0.575 e. The molecule has 1 aliphatic carbocycles. The van der Waals surface area contributed by atoms with E-state index in [1.54, 1.807) is 0 Å². The molecule has 0 aromatic heterocycles. The highest BCUT2D eigenvalue weighted by molar-refractivity contribution is 6.00. The van der Waals surface area contributed by atoms with E-state index in [1.807, 2.05) is 36.8 Å². The van der Waals surface area contributed by atoms with E-state index in [-0.39, 0.29) is 0 Å². The van der Waals surface area contributed by atoms with Crippen molar-refractivity contribution >= 4 is 11.9 Å². The average Bonchev–Trinajstić information content (AvgIpc) is 2.95. The zero-order chi connectivity index (χ0) is 16.7. The molecule has 122 valence electrons. The Morgan fingerprint density at radius 1 is 1.35 bits per heavy atom. The lowest BCUT2D eigenvalue weighted by Gasteiger charge is -2.20. The fourth-order valence-electron chi connectivity index (χ4n) is 3.04. The van der Waals surface area contributed by atoms with Crippen molar-refractivity contribution in [3.8, 4) is 0 Å². The number of halogens is 3. The second-order valence-corrected chi connectivity index (χ2v) is 5.58. The van der Waals surface area contributed by atoms with Gasteiger partial charge in [-0.05, 0) is 30.7 Å². The number of benzene rings is 1. The molecule has 1 aromatic rings. The summed E-state index contributed by atoms with van der Waals surface area (Å²) >= 11 is 0. The summed E-state index contributed by atoms with van der Waals surface area (Å²) in [5, 5.41) is 0. The van der Waals surface area contributed by atoms with E-state index in [0.717, 1.165) is 5.56 Å². The number of carbonyl (C=O) groups excluding carboxylic acids is 2. The second kappa shape index (κ2) is 5.54. The summed E-state index contributed by atoms with van der Waals surface area (Å²) in [6.07, 6.45) is -1.13. The fraction of sp³-hybridized carbons (Fsp3) is 0.375. The second-order valence-electron chi connectivity index (χ2n) is 5.58. The SMILES string of the molecule is O=C(OC(F)(F)F)C1C(C[CH]c2ccccc2)C[CH]C12OC2=O. The first-order chi connectivity index (χ1) is 10.8. The molecule has 23 heavy (non-hydrogen) atoms. The van der Waals surface area contributed by atoms with E-state index in [4.69, 9.17) is 4.74 Å². The molecular weight excluding hydrogens is 313 g/mol. The Kier molecular flexibility index (Phi) is 3.82. The van der Waals surface area contributed by atoms with Gasteiger partial charge in [0.15, 0.2) is 0 Å². The van der Waals surface area contributed by atoms with Gasteiger partial charge in [-0.25, -0.2) is 4.79 Å². The summed E-state index contributed by atoms with van der Waals surface area (Å²) < 4.78 is 45.3. The van der Waals surface area contributed by atoms with Crippen LogP contribution in [0.4, 0.5) is 13.2 Å². The number of rotatable bonds is 4. The van der Waals surface area contributed by atoms with Gasteiger partial charge in [0, 0.05) is 6.42 Å². The number of esters is 1. The lowest BCUT2D eigenvalue weighted by atomic mass is 9.85. The average molecular weight is 326 g/mol. The first kappa shape index (κ1) is 15.8. The minimum Gasteiger partial charge on any atom is -0.443 e. The van der Waals surface area contributed by atoms with Crippen molar-refractivity contribution in [3.05, 3.63) is 48.7 Å². The molecule has 0 N–H and O–H groups in total. The van der Waals surface area contributed by atoms with Crippen LogP contribution in [0, 0.1) is 24.7 Å². The highest BCUT2D eigenvalue weighted by Gasteiger charge is 2.71. The van der Waals surface area contributed by atoms with E-state index in [2.05, 4.69) is 4.74 Å². The number of hydrogen-bond acceptors (Lipinski definition) is 4. The van der Waals surface area contributed by atoms with Crippen LogP contribution in [0.15, 0.2) is 30.3 Å². The number of alkyl halides is 3. The molecule has 1 heterocycles. The molecule has 0 amide bonds. The Labute approximate surface area is 130 Å². The first-order valence-electron chi connectivity index (χ1n) is 7.07. The molecule has 1 aromatic carbocycles. The third-order valence-corrected chi connectivity index (χ3v) is 4.12. The molecule has 2 aliphatic rings. The van der Waals surface area contributed by atoms with Gasteiger partial charge in [-0.3, -0.25) is 4.79 Å². The van der Waals surface area contributed by atoms with Crippen LogP contribution in [0.25, 0.3) is 0 Å². The lowest BCUT2D eigenvalue weighted by molar-refractivity contribution is -0.308. The molecule has 0 bridgehead atoms. The van der Waals surface area contributed by atoms with Gasteiger partial charge < -0.3 is 9.47 Å². The van der Waals surface area contributed by atoms with Crippen molar-refractivity contribution in [1.82, 2.24) is 0 Å². The molecule has 1 aliphatic heterocycles. The van der Waals surface area contributed by atoms with Crippen LogP contribution in [0.5, 0.6) is 0 Å². The Morgan fingerprint density at radius 2 is 2.00 bits per heavy atom. The minimum atomic E-state index is -5.08. The summed E-state index contributed by atoms with van der Waals surface area (Å²) in [6, 6.07) is 9.19. The summed E-state index contributed by atoms with van der Waals surface area (Å²) in [4.78, 5) is 23.3. The number of epoxide rings is 1. The molecule has 1 saturated heterocycles. The Hall–Kier alpha value is -2.05. The highest BCUT2D eigenvalue weighted by atomic mass is 19.4. The normalized spacial score (nSPS) is 29.4. The summed E-state index contributed by atoms with van der Waals surface area (Å²) in [5.41, 5.74) is -0.642. The van der Waals surface area contributed by atoms with Gasteiger partial charge in [0.05, 0.1) is 0 Å². The van der Waals surface area contributed by atoms with Crippen LogP contribution < -0.4 is 0 Å². The van der Waals surface area contributed by atoms with Crippen LogP contribution in [0.1, 0.15) is 18.4 Å². The zero-order valence-electron chi connectivity index (χ0n) is 11.9. The van der Waals surface area contributed by atoms with Gasteiger partial charge in [-0.1, -0.05) is 30.3 Å². The quantitative estimate of drug-likeness (QED) is 0.631. The molecule has 3 unspecified atom stereocenters. The van der Waals surface area contributed by atoms with Gasteiger partial charge >= 0.3 is 18.3 Å². The molecule has 3 rings (SSSR count). The Morgan fingerprint density at radius 3 is 2.57 bits per heavy atom. The van der Waals surface area contributed by atoms with E-state index in [0.29, 0.717) is 12.8 Å². The van der Waals surface area contributed by atoms with Crippen molar-refractivity contribution in [2.24, 2.45) is 11.8 Å². The fourth-order valence-corrected chi connectivity index (χ4v) is 3.04. The van der Waals surface area contributed by atoms with Crippen LogP contribution in [0.3, 0.4) is 0 Å².